The van der Waals surface area contributed by atoms with Crippen LogP contribution < -0.4 is 10.0 Å². The van der Waals surface area contributed by atoms with Crippen LogP contribution in [0.3, 0.4) is 0 Å². The van der Waals surface area contributed by atoms with E-state index < -0.39 is 21.8 Å². The van der Waals surface area contributed by atoms with E-state index in [1.54, 1.807) is 24.3 Å². The molecule has 0 aliphatic heterocycles. The number of benzene rings is 2. The van der Waals surface area contributed by atoms with Crippen LogP contribution in [0.15, 0.2) is 60.9 Å². The Labute approximate surface area is 165 Å². The third-order valence-electron chi connectivity index (χ3n) is 3.91. The molecule has 0 unspecified atom stereocenters. The molecule has 2 N–H and O–H groups in total. The van der Waals surface area contributed by atoms with Gasteiger partial charge in [0.25, 0.3) is 0 Å². The molecule has 3 rings (SSSR count). The first-order valence-corrected chi connectivity index (χ1v) is 10.3. The molecule has 0 spiro atoms. The first-order valence-electron chi connectivity index (χ1n) is 8.41. The lowest BCUT2D eigenvalue weighted by Gasteiger charge is -2.13. The molecule has 0 saturated heterocycles. The highest BCUT2D eigenvalue weighted by Gasteiger charge is 2.33. The van der Waals surface area contributed by atoms with Crippen molar-refractivity contribution >= 4 is 21.5 Å². The summed E-state index contributed by atoms with van der Waals surface area (Å²) in [5, 5.41) is 3.00. The molecule has 0 fully saturated rings. The monoisotopic (exact) mass is 422 g/mol. The lowest BCUT2D eigenvalue weighted by atomic mass is 10.0. The van der Waals surface area contributed by atoms with Crippen molar-refractivity contribution in [1.29, 1.82) is 0 Å². The average Bonchev–Trinajstić information content (AvgIpc) is 2.66. The minimum atomic E-state index is -4.50. The van der Waals surface area contributed by atoms with Crippen LogP contribution in [0.4, 0.5) is 24.7 Å². The van der Waals surface area contributed by atoms with Gasteiger partial charge < -0.3 is 5.32 Å². The molecule has 0 amide bonds. The number of alkyl halides is 3. The Hall–Kier alpha value is -2.98. The summed E-state index contributed by atoms with van der Waals surface area (Å²) < 4.78 is 64.7. The highest BCUT2D eigenvalue weighted by molar-refractivity contribution is 7.88. The highest BCUT2D eigenvalue weighted by Crippen LogP contribution is 2.36. The fraction of sp³-hybridized carbons (Fsp3) is 0.158. The third-order valence-corrected chi connectivity index (χ3v) is 4.58. The quantitative estimate of drug-likeness (QED) is 0.628. The molecule has 29 heavy (non-hydrogen) atoms. The van der Waals surface area contributed by atoms with Crippen LogP contribution in [0.25, 0.3) is 11.3 Å². The van der Waals surface area contributed by atoms with Gasteiger partial charge in [-0.2, -0.15) is 13.2 Å². The van der Waals surface area contributed by atoms with Crippen LogP contribution in [-0.2, 0) is 22.7 Å². The second-order valence-electron chi connectivity index (χ2n) is 6.25. The fourth-order valence-corrected chi connectivity index (χ4v) is 3.08. The molecule has 0 aliphatic carbocycles. The van der Waals surface area contributed by atoms with E-state index in [4.69, 9.17) is 0 Å². The van der Waals surface area contributed by atoms with Gasteiger partial charge in [-0.15, -0.1) is 0 Å². The Morgan fingerprint density at radius 2 is 1.76 bits per heavy atom. The molecule has 152 valence electrons. The van der Waals surface area contributed by atoms with Crippen LogP contribution >= 0.6 is 0 Å². The Kier molecular flexibility index (Phi) is 5.85. The number of sulfonamides is 1. The predicted molar refractivity (Wildman–Crippen MR) is 104 cm³/mol. The number of anilines is 2. The second-order valence-corrected chi connectivity index (χ2v) is 8.08. The van der Waals surface area contributed by atoms with Crippen molar-refractivity contribution in [1.82, 2.24) is 14.7 Å². The normalized spacial score (nSPS) is 12.0. The summed E-state index contributed by atoms with van der Waals surface area (Å²) in [6.07, 6.45) is -2.26. The van der Waals surface area contributed by atoms with Crippen molar-refractivity contribution in [3.05, 3.63) is 72.1 Å². The minimum Gasteiger partial charge on any atom is -0.340 e. The van der Waals surface area contributed by atoms with E-state index in [0.717, 1.165) is 12.3 Å². The summed E-state index contributed by atoms with van der Waals surface area (Å²) in [7, 11) is -3.33. The summed E-state index contributed by atoms with van der Waals surface area (Å²) in [6, 6.07) is 13.5. The van der Waals surface area contributed by atoms with Gasteiger partial charge in [0.1, 0.15) is 12.1 Å². The van der Waals surface area contributed by atoms with Crippen LogP contribution in [0, 0.1) is 0 Å². The first kappa shape index (κ1) is 20.7. The Morgan fingerprint density at radius 1 is 1.00 bits per heavy atom. The number of rotatable bonds is 6. The number of nitrogens with one attached hydrogen (secondary N) is 2. The summed E-state index contributed by atoms with van der Waals surface area (Å²) in [4.78, 5) is 8.02. The van der Waals surface area contributed by atoms with Gasteiger partial charge in [0.2, 0.25) is 10.0 Å². The molecule has 0 radical (unpaired) electrons. The zero-order valence-electron chi connectivity index (χ0n) is 15.2. The smallest absolute Gasteiger partial charge is 0.340 e. The molecule has 3 aromatic rings. The largest absolute Gasteiger partial charge is 0.417 e. The molecular weight excluding hydrogens is 405 g/mol. The maximum Gasteiger partial charge on any atom is 0.417 e. The van der Waals surface area contributed by atoms with Gasteiger partial charge in [0, 0.05) is 23.9 Å². The lowest BCUT2D eigenvalue weighted by molar-refractivity contribution is -0.137. The molecule has 1 aromatic heterocycles. The van der Waals surface area contributed by atoms with Crippen LogP contribution in [0.5, 0.6) is 0 Å². The number of halogens is 3. The van der Waals surface area contributed by atoms with Crippen molar-refractivity contribution in [2.45, 2.75) is 12.7 Å². The van der Waals surface area contributed by atoms with Crippen molar-refractivity contribution in [2.75, 3.05) is 11.6 Å². The Balaban J connectivity index is 1.85. The summed E-state index contributed by atoms with van der Waals surface area (Å²) in [5.41, 5.74) is 0.615. The molecule has 10 heteroatoms. The summed E-state index contributed by atoms with van der Waals surface area (Å²) >= 11 is 0. The number of aromatic nitrogens is 2. The van der Waals surface area contributed by atoms with Crippen LogP contribution in [-0.4, -0.2) is 24.6 Å². The molecule has 1 heterocycles. The van der Waals surface area contributed by atoms with Crippen molar-refractivity contribution in [3.8, 4) is 11.3 Å². The molecule has 0 bridgehead atoms. The highest BCUT2D eigenvalue weighted by atomic mass is 32.2. The van der Waals surface area contributed by atoms with Gasteiger partial charge in [-0.3, -0.25) is 0 Å². The van der Waals surface area contributed by atoms with Crippen LogP contribution in [0.1, 0.15) is 11.1 Å². The number of hydrogen-bond acceptors (Lipinski definition) is 5. The topological polar surface area (TPSA) is 84.0 Å². The molecular formula is C19H17F3N4O2S. The van der Waals surface area contributed by atoms with Crippen LogP contribution in [0.2, 0.25) is 0 Å². The standard InChI is InChI=1S/C19H17F3N4O2S/c1-29(27,28)25-11-13-5-4-6-14(9-13)26-18-10-17(23-12-24-18)15-7-2-3-8-16(15)19(20,21)22/h2-10,12,25H,11H2,1H3,(H,23,24,26). The van der Waals surface area contributed by atoms with E-state index in [-0.39, 0.29) is 17.8 Å². The van der Waals surface area contributed by atoms with E-state index in [0.29, 0.717) is 17.1 Å². The van der Waals surface area contributed by atoms with E-state index in [2.05, 4.69) is 20.0 Å². The zero-order valence-corrected chi connectivity index (χ0v) is 16.1. The SMILES string of the molecule is CS(=O)(=O)NCc1cccc(Nc2cc(-c3ccccc3C(F)(F)F)ncn2)c1. The van der Waals surface area contributed by atoms with Gasteiger partial charge in [0.15, 0.2) is 0 Å². The summed E-state index contributed by atoms with van der Waals surface area (Å²) in [5.74, 6) is 0.306. The van der Waals surface area contributed by atoms with Crippen molar-refractivity contribution in [3.63, 3.8) is 0 Å². The van der Waals surface area contributed by atoms with Crippen molar-refractivity contribution in [2.24, 2.45) is 0 Å². The maximum absolute atomic E-state index is 13.3. The van der Waals surface area contributed by atoms with Gasteiger partial charge in [-0.05, 0) is 23.8 Å². The van der Waals surface area contributed by atoms with E-state index in [1.165, 1.54) is 30.6 Å². The number of nitrogens with zero attached hydrogens (tertiary/aromatic N) is 2. The van der Waals surface area contributed by atoms with E-state index >= 15 is 0 Å². The van der Waals surface area contributed by atoms with E-state index in [1.807, 2.05) is 0 Å². The van der Waals surface area contributed by atoms with E-state index in [9.17, 15) is 21.6 Å². The fourth-order valence-electron chi connectivity index (χ4n) is 2.65. The third kappa shape index (κ3) is 5.75. The minimum absolute atomic E-state index is 0.0449. The zero-order chi connectivity index (χ0) is 21.1. The Bertz CT molecular complexity index is 1120. The second kappa shape index (κ2) is 8.18. The van der Waals surface area contributed by atoms with Gasteiger partial charge in [-0.1, -0.05) is 30.3 Å². The van der Waals surface area contributed by atoms with Gasteiger partial charge in [-0.25, -0.2) is 23.1 Å². The molecule has 2 aromatic carbocycles. The predicted octanol–water partition coefficient (Wildman–Crippen LogP) is 3.96. The Morgan fingerprint density at radius 3 is 2.48 bits per heavy atom. The number of hydrogen-bond donors (Lipinski definition) is 2. The molecule has 0 atom stereocenters. The van der Waals surface area contributed by atoms with Gasteiger partial charge >= 0.3 is 6.18 Å². The first-order chi connectivity index (χ1) is 13.6. The average molecular weight is 422 g/mol. The molecule has 6 nitrogen and oxygen atoms in total. The van der Waals surface area contributed by atoms with Crippen molar-refractivity contribution < 1.29 is 21.6 Å². The maximum atomic E-state index is 13.3. The molecule has 0 aliphatic rings. The molecule has 0 saturated carbocycles. The summed E-state index contributed by atoms with van der Waals surface area (Å²) in [6.45, 7) is 0.113. The lowest BCUT2D eigenvalue weighted by Crippen LogP contribution is -2.21. The van der Waals surface area contributed by atoms with Gasteiger partial charge in [0.05, 0.1) is 17.5 Å².